The highest BCUT2D eigenvalue weighted by Gasteiger charge is 2.51. The predicted molar refractivity (Wildman–Crippen MR) is 138 cm³/mol. The van der Waals surface area contributed by atoms with Crippen LogP contribution in [-0.4, -0.2) is 56.1 Å². The zero-order chi connectivity index (χ0) is 26.7. The molecule has 0 saturated carbocycles. The first kappa shape index (κ1) is 24.4. The minimum Gasteiger partial charge on any atom is -0.291 e. The van der Waals surface area contributed by atoms with Gasteiger partial charge in [0.25, 0.3) is 0 Å². The van der Waals surface area contributed by atoms with E-state index in [1.54, 1.807) is 42.3 Å². The van der Waals surface area contributed by atoms with Gasteiger partial charge in [0.15, 0.2) is 5.78 Å². The normalized spacial score (nSPS) is 19.5. The zero-order valence-electron chi connectivity index (χ0n) is 20.9. The van der Waals surface area contributed by atoms with Gasteiger partial charge >= 0.3 is 0 Å². The zero-order valence-corrected chi connectivity index (χ0v) is 21.7. The van der Waals surface area contributed by atoms with Crippen molar-refractivity contribution in [3.05, 3.63) is 95.1 Å². The van der Waals surface area contributed by atoms with E-state index in [4.69, 9.17) is 0 Å². The van der Waals surface area contributed by atoms with Crippen molar-refractivity contribution in [2.45, 2.75) is 24.7 Å². The van der Waals surface area contributed by atoms with Gasteiger partial charge in [-0.1, -0.05) is 5.57 Å². The highest BCUT2D eigenvalue weighted by molar-refractivity contribution is 7.89. The fourth-order valence-corrected chi connectivity index (χ4v) is 6.88. The van der Waals surface area contributed by atoms with Gasteiger partial charge < -0.3 is 0 Å². The maximum absolute atomic E-state index is 14.2. The lowest BCUT2D eigenvalue weighted by atomic mass is 9.65. The highest BCUT2D eigenvalue weighted by Crippen LogP contribution is 2.47. The summed E-state index contributed by atoms with van der Waals surface area (Å²) in [5.41, 5.74) is 3.18. The number of carbonyl (C=O) groups is 1. The summed E-state index contributed by atoms with van der Waals surface area (Å²) >= 11 is 0. The Labute approximate surface area is 219 Å². The number of hydrogen-bond donors (Lipinski definition) is 0. The van der Waals surface area contributed by atoms with Crippen LogP contribution in [0.2, 0.25) is 0 Å². The first-order valence-electron chi connectivity index (χ1n) is 12.2. The molecule has 194 valence electrons. The van der Waals surface area contributed by atoms with Crippen LogP contribution >= 0.6 is 0 Å². The van der Waals surface area contributed by atoms with Crippen molar-refractivity contribution in [2.75, 3.05) is 13.1 Å². The molecule has 0 N–H and O–H groups in total. The first-order valence-corrected chi connectivity index (χ1v) is 13.6. The average molecular weight is 533 g/mol. The SMILES string of the molecule is Cc1ccnc(C(=O)[C@]23Cc4cnn(-c5ccc(F)cc5)c4C=C2CCN(S(=O)(=O)c2cnn(C)c2)C3)c1. The smallest absolute Gasteiger partial charge is 0.246 e. The van der Waals surface area contributed by atoms with Crippen molar-refractivity contribution in [3.8, 4) is 5.69 Å². The van der Waals surface area contributed by atoms with Crippen LogP contribution in [0.4, 0.5) is 4.39 Å². The minimum atomic E-state index is -3.88. The van der Waals surface area contributed by atoms with Gasteiger partial charge in [0.2, 0.25) is 10.0 Å². The van der Waals surface area contributed by atoms with E-state index in [-0.39, 0.29) is 36.0 Å². The number of pyridine rings is 1. The van der Waals surface area contributed by atoms with Gasteiger partial charge in [-0.2, -0.15) is 14.5 Å². The van der Waals surface area contributed by atoms with E-state index in [0.29, 0.717) is 17.8 Å². The van der Waals surface area contributed by atoms with E-state index >= 15 is 0 Å². The molecule has 1 aromatic carbocycles. The number of carbonyl (C=O) groups excluding carboxylic acids is 1. The van der Waals surface area contributed by atoms with Crippen molar-refractivity contribution >= 4 is 21.9 Å². The van der Waals surface area contributed by atoms with Crippen molar-refractivity contribution in [3.63, 3.8) is 0 Å². The Bertz CT molecular complexity index is 1710. The van der Waals surface area contributed by atoms with E-state index < -0.39 is 15.4 Å². The number of piperidine rings is 1. The van der Waals surface area contributed by atoms with Crippen LogP contribution in [0, 0.1) is 18.2 Å². The van der Waals surface area contributed by atoms with Gasteiger partial charge in [0.05, 0.1) is 29.2 Å². The Morgan fingerprint density at radius 1 is 1.11 bits per heavy atom. The molecule has 11 heteroatoms. The van der Waals surface area contributed by atoms with Crippen molar-refractivity contribution < 1.29 is 17.6 Å². The summed E-state index contributed by atoms with van der Waals surface area (Å²) < 4.78 is 45.2. The molecule has 4 aromatic rings. The fourth-order valence-electron chi connectivity index (χ4n) is 5.40. The van der Waals surface area contributed by atoms with Gasteiger partial charge in [0.1, 0.15) is 16.4 Å². The van der Waals surface area contributed by atoms with E-state index in [1.165, 1.54) is 33.5 Å². The van der Waals surface area contributed by atoms with Crippen molar-refractivity contribution in [1.82, 2.24) is 28.9 Å². The molecule has 0 amide bonds. The lowest BCUT2D eigenvalue weighted by Gasteiger charge is -2.44. The molecule has 1 fully saturated rings. The maximum Gasteiger partial charge on any atom is 0.246 e. The number of nitrogens with zero attached hydrogens (tertiary/aromatic N) is 6. The number of rotatable bonds is 5. The molecule has 3 aromatic heterocycles. The van der Waals surface area contributed by atoms with E-state index in [2.05, 4.69) is 15.2 Å². The molecule has 38 heavy (non-hydrogen) atoms. The van der Waals surface area contributed by atoms with Crippen molar-refractivity contribution in [1.29, 1.82) is 0 Å². The second-order valence-corrected chi connectivity index (χ2v) is 11.8. The topological polar surface area (TPSA) is 103 Å². The predicted octanol–water partition coefficient (Wildman–Crippen LogP) is 3.35. The number of ketones is 1. The molecule has 1 saturated heterocycles. The molecule has 6 rings (SSSR count). The second-order valence-electron chi connectivity index (χ2n) is 9.86. The number of fused-ring (bicyclic) bond motifs is 2. The van der Waals surface area contributed by atoms with E-state index in [9.17, 15) is 17.6 Å². The summed E-state index contributed by atoms with van der Waals surface area (Å²) in [7, 11) is -2.22. The quantitative estimate of drug-likeness (QED) is 0.365. The number of aromatic nitrogens is 5. The second kappa shape index (κ2) is 8.81. The average Bonchev–Trinajstić information content (AvgIpc) is 3.53. The number of benzene rings is 1. The molecular formula is C27H25FN6O3S. The lowest BCUT2D eigenvalue weighted by molar-refractivity contribution is 0.0770. The summed E-state index contributed by atoms with van der Waals surface area (Å²) in [5.74, 6) is -0.565. The van der Waals surface area contributed by atoms with Gasteiger partial charge in [-0.05, 0) is 73.4 Å². The molecule has 4 heterocycles. The van der Waals surface area contributed by atoms with Crippen LogP contribution in [0.1, 0.15) is 33.7 Å². The third-order valence-corrected chi connectivity index (χ3v) is 9.15. The standard InChI is InChI=1S/C27H25FN6O3S/c1-18-7-9-29-24(11-18)26(35)27-13-19-14-31-34(22-5-3-21(28)4-6-22)25(19)12-20(27)8-10-33(17-27)38(36,37)23-15-30-32(2)16-23/h3-7,9,11-12,14-16H,8,10,13,17H2,1-2H3/t27-/m0/s1. The molecule has 0 radical (unpaired) electrons. The fraction of sp³-hybridized carbons (Fsp3) is 0.259. The first-order chi connectivity index (χ1) is 18.2. The third-order valence-electron chi connectivity index (χ3n) is 7.35. The van der Waals surface area contributed by atoms with E-state index in [0.717, 1.165) is 22.4 Å². The Morgan fingerprint density at radius 2 is 1.89 bits per heavy atom. The molecule has 1 aliphatic carbocycles. The largest absolute Gasteiger partial charge is 0.291 e. The summed E-state index contributed by atoms with van der Waals surface area (Å²) in [6, 6.07) is 9.59. The molecule has 2 aliphatic rings. The Kier molecular flexibility index (Phi) is 5.65. The summed E-state index contributed by atoms with van der Waals surface area (Å²) in [5, 5.41) is 8.55. The summed E-state index contributed by atoms with van der Waals surface area (Å²) in [6.45, 7) is 2.09. The number of Topliss-reactive ketones (excluding diaryl/α,β-unsaturated/α-hetero) is 1. The lowest BCUT2D eigenvalue weighted by Crippen LogP contribution is -2.53. The Hall–Kier alpha value is -3.96. The van der Waals surface area contributed by atoms with Crippen LogP contribution in [0.5, 0.6) is 0 Å². The summed E-state index contributed by atoms with van der Waals surface area (Å²) in [6.07, 6.45) is 8.65. The van der Waals surface area contributed by atoms with Crippen LogP contribution in [0.15, 0.2) is 71.7 Å². The summed E-state index contributed by atoms with van der Waals surface area (Å²) in [4.78, 5) is 18.7. The van der Waals surface area contributed by atoms with Crippen LogP contribution in [-0.2, 0) is 23.5 Å². The molecule has 0 bridgehead atoms. The Balaban J connectivity index is 1.46. The Morgan fingerprint density at radius 3 is 2.61 bits per heavy atom. The third kappa shape index (κ3) is 3.89. The van der Waals surface area contributed by atoms with Gasteiger partial charge in [0, 0.05) is 32.5 Å². The molecule has 1 atom stereocenters. The monoisotopic (exact) mass is 532 g/mol. The number of sulfonamides is 1. The van der Waals surface area contributed by atoms with Crippen LogP contribution < -0.4 is 0 Å². The number of halogens is 1. The molecule has 0 unspecified atom stereocenters. The molecular weight excluding hydrogens is 507 g/mol. The van der Waals surface area contributed by atoms with Gasteiger partial charge in [-0.3, -0.25) is 14.5 Å². The van der Waals surface area contributed by atoms with Gasteiger partial charge in [-0.15, -0.1) is 0 Å². The van der Waals surface area contributed by atoms with Crippen LogP contribution in [0.25, 0.3) is 11.8 Å². The number of hydrogen-bond acceptors (Lipinski definition) is 6. The van der Waals surface area contributed by atoms with Crippen LogP contribution in [0.3, 0.4) is 0 Å². The van der Waals surface area contributed by atoms with E-state index in [1.807, 2.05) is 19.1 Å². The number of aryl methyl sites for hydroxylation is 2. The molecule has 1 aliphatic heterocycles. The van der Waals surface area contributed by atoms with Crippen molar-refractivity contribution in [2.24, 2.45) is 12.5 Å². The molecule has 0 spiro atoms. The molecule has 9 nitrogen and oxygen atoms in total. The van der Waals surface area contributed by atoms with Gasteiger partial charge in [-0.25, -0.2) is 17.5 Å². The highest BCUT2D eigenvalue weighted by atomic mass is 32.2. The minimum absolute atomic E-state index is 0.0221. The maximum atomic E-state index is 14.2.